The molecule has 4 nitrogen and oxygen atoms in total. The Morgan fingerprint density at radius 3 is 2.95 bits per heavy atom. The molecule has 4 heteroatoms. The van der Waals surface area contributed by atoms with Crippen LogP contribution < -0.4 is 15.0 Å². The first-order chi connectivity index (χ1) is 9.69. The molecule has 0 radical (unpaired) electrons. The molecule has 0 aliphatic carbocycles. The van der Waals surface area contributed by atoms with Gasteiger partial charge in [0, 0.05) is 43.9 Å². The molecule has 1 aliphatic heterocycles. The first-order valence-corrected chi connectivity index (χ1v) is 7.27. The normalized spacial score (nSPS) is 22.6. The lowest BCUT2D eigenvalue weighted by molar-refractivity contribution is -0.00183. The summed E-state index contributed by atoms with van der Waals surface area (Å²) < 4.78 is 11.0. The van der Waals surface area contributed by atoms with Crippen LogP contribution in [0, 0.1) is 5.41 Å². The van der Waals surface area contributed by atoms with Crippen LogP contribution in [-0.2, 0) is 4.74 Å². The maximum Gasteiger partial charge on any atom is 0.120 e. The minimum atomic E-state index is 0.199. The number of methoxy groups -OCH3 is 1. The van der Waals surface area contributed by atoms with Crippen LogP contribution in [0.25, 0.3) is 0 Å². The molecule has 1 heterocycles. The van der Waals surface area contributed by atoms with Gasteiger partial charge in [-0.25, -0.2) is 0 Å². The van der Waals surface area contributed by atoms with E-state index in [-0.39, 0.29) is 5.41 Å². The number of hydrogen-bond acceptors (Lipinski definition) is 4. The highest BCUT2D eigenvalue weighted by molar-refractivity contribution is 5.50. The second-order valence-corrected chi connectivity index (χ2v) is 5.74. The van der Waals surface area contributed by atoms with Crippen molar-refractivity contribution in [3.63, 3.8) is 0 Å². The van der Waals surface area contributed by atoms with E-state index < -0.39 is 0 Å². The third kappa shape index (κ3) is 3.64. The summed E-state index contributed by atoms with van der Waals surface area (Å²) in [6.45, 7) is 3.71. The molecule has 112 valence electrons. The van der Waals surface area contributed by atoms with Gasteiger partial charge in [-0.05, 0) is 32.0 Å². The van der Waals surface area contributed by atoms with Gasteiger partial charge in [0.1, 0.15) is 5.75 Å². The molecule has 0 aromatic heterocycles. The lowest BCUT2D eigenvalue weighted by Crippen LogP contribution is -2.47. The molecule has 0 amide bonds. The molecule has 1 unspecified atom stereocenters. The van der Waals surface area contributed by atoms with Crippen LogP contribution in [0.3, 0.4) is 0 Å². The average molecular weight is 278 g/mol. The minimum absolute atomic E-state index is 0.199. The van der Waals surface area contributed by atoms with Gasteiger partial charge >= 0.3 is 0 Å². The monoisotopic (exact) mass is 278 g/mol. The Balaban J connectivity index is 2.08. The van der Waals surface area contributed by atoms with Crippen molar-refractivity contribution < 1.29 is 9.47 Å². The van der Waals surface area contributed by atoms with Crippen molar-refractivity contribution in [2.75, 3.05) is 52.4 Å². The van der Waals surface area contributed by atoms with E-state index >= 15 is 0 Å². The molecule has 20 heavy (non-hydrogen) atoms. The number of anilines is 1. The van der Waals surface area contributed by atoms with E-state index in [2.05, 4.69) is 29.4 Å². The predicted octanol–water partition coefficient (Wildman–Crippen LogP) is 2.15. The quantitative estimate of drug-likeness (QED) is 0.864. The van der Waals surface area contributed by atoms with Gasteiger partial charge < -0.3 is 19.7 Å². The fourth-order valence-electron chi connectivity index (χ4n) is 3.05. The lowest BCUT2D eigenvalue weighted by Gasteiger charge is -2.40. The second kappa shape index (κ2) is 6.95. The van der Waals surface area contributed by atoms with E-state index in [1.165, 1.54) is 12.1 Å². The molecule has 2 rings (SSSR count). The predicted molar refractivity (Wildman–Crippen MR) is 82.7 cm³/mol. The van der Waals surface area contributed by atoms with Crippen LogP contribution in [0.5, 0.6) is 5.75 Å². The molecule has 1 atom stereocenters. The van der Waals surface area contributed by atoms with Crippen molar-refractivity contribution in [3.8, 4) is 5.75 Å². The Morgan fingerprint density at radius 2 is 2.30 bits per heavy atom. The van der Waals surface area contributed by atoms with Gasteiger partial charge in [0.2, 0.25) is 0 Å². The van der Waals surface area contributed by atoms with Gasteiger partial charge in [-0.3, -0.25) is 0 Å². The molecule has 1 aromatic carbocycles. The highest BCUT2D eigenvalue weighted by atomic mass is 16.5. The molecule has 1 aromatic rings. The summed E-state index contributed by atoms with van der Waals surface area (Å²) in [6.07, 6.45) is 2.36. The van der Waals surface area contributed by atoms with Crippen LogP contribution in [0.4, 0.5) is 5.69 Å². The zero-order valence-corrected chi connectivity index (χ0v) is 12.8. The largest absolute Gasteiger partial charge is 0.497 e. The van der Waals surface area contributed by atoms with Crippen LogP contribution in [0.15, 0.2) is 24.3 Å². The van der Waals surface area contributed by atoms with E-state index in [9.17, 15) is 0 Å². The summed E-state index contributed by atoms with van der Waals surface area (Å²) in [5, 5.41) is 3.33. The van der Waals surface area contributed by atoms with Crippen molar-refractivity contribution in [2.45, 2.75) is 12.8 Å². The van der Waals surface area contributed by atoms with Crippen molar-refractivity contribution >= 4 is 5.69 Å². The molecule has 1 N–H and O–H groups in total. The first-order valence-electron chi connectivity index (χ1n) is 7.27. The summed E-state index contributed by atoms with van der Waals surface area (Å²) in [5.41, 5.74) is 1.38. The number of rotatable bonds is 6. The molecule has 1 saturated heterocycles. The SMILES string of the molecule is CNCC1(CN(C)c2cccc(OC)c2)CCCOC1. The molecule has 0 saturated carbocycles. The fourth-order valence-corrected chi connectivity index (χ4v) is 3.05. The van der Waals surface area contributed by atoms with Crippen LogP contribution in [-0.4, -0.2) is 47.5 Å². The maximum atomic E-state index is 5.73. The zero-order valence-electron chi connectivity index (χ0n) is 12.8. The molecule has 0 spiro atoms. The van der Waals surface area contributed by atoms with Crippen molar-refractivity contribution in [3.05, 3.63) is 24.3 Å². The van der Waals surface area contributed by atoms with Gasteiger partial charge in [-0.2, -0.15) is 0 Å². The number of nitrogens with zero attached hydrogens (tertiary/aromatic N) is 1. The molecule has 0 bridgehead atoms. The summed E-state index contributed by atoms with van der Waals surface area (Å²) in [4.78, 5) is 2.30. The van der Waals surface area contributed by atoms with Gasteiger partial charge in [-0.1, -0.05) is 6.07 Å². The fraction of sp³-hybridized carbons (Fsp3) is 0.625. The summed E-state index contributed by atoms with van der Waals surface area (Å²) in [6, 6.07) is 8.22. The van der Waals surface area contributed by atoms with Gasteiger partial charge in [-0.15, -0.1) is 0 Å². The molecule has 1 fully saturated rings. The van der Waals surface area contributed by atoms with Crippen molar-refractivity contribution in [1.29, 1.82) is 0 Å². The highest BCUT2D eigenvalue weighted by Gasteiger charge is 2.33. The van der Waals surface area contributed by atoms with Crippen LogP contribution >= 0.6 is 0 Å². The standard InChI is InChI=1S/C16H26N2O2/c1-17-11-16(8-5-9-20-13-16)12-18(2)14-6-4-7-15(10-14)19-3/h4,6-7,10,17H,5,8-9,11-13H2,1-3H3. The Morgan fingerprint density at radius 1 is 1.45 bits per heavy atom. The van der Waals surface area contributed by atoms with Crippen LogP contribution in [0.2, 0.25) is 0 Å². The van der Waals surface area contributed by atoms with Crippen molar-refractivity contribution in [1.82, 2.24) is 5.32 Å². The summed E-state index contributed by atoms with van der Waals surface area (Å²) in [5.74, 6) is 0.900. The van der Waals surface area contributed by atoms with E-state index in [0.717, 1.165) is 38.5 Å². The number of benzene rings is 1. The summed E-state index contributed by atoms with van der Waals surface area (Å²) >= 11 is 0. The van der Waals surface area contributed by atoms with E-state index in [1.807, 2.05) is 19.2 Å². The first kappa shape index (κ1) is 15.1. The highest BCUT2D eigenvalue weighted by Crippen LogP contribution is 2.31. The molecule has 1 aliphatic rings. The Bertz CT molecular complexity index is 411. The van der Waals surface area contributed by atoms with Gasteiger partial charge in [0.25, 0.3) is 0 Å². The Labute approximate surface area is 122 Å². The zero-order chi connectivity index (χ0) is 14.4. The molecular weight excluding hydrogens is 252 g/mol. The number of ether oxygens (including phenoxy) is 2. The third-order valence-electron chi connectivity index (χ3n) is 4.02. The topological polar surface area (TPSA) is 33.7 Å². The Hall–Kier alpha value is -1.26. The minimum Gasteiger partial charge on any atom is -0.497 e. The lowest BCUT2D eigenvalue weighted by atomic mass is 9.81. The van der Waals surface area contributed by atoms with E-state index in [1.54, 1.807) is 7.11 Å². The number of nitrogens with one attached hydrogen (secondary N) is 1. The van der Waals surface area contributed by atoms with E-state index in [4.69, 9.17) is 9.47 Å². The van der Waals surface area contributed by atoms with Crippen LogP contribution in [0.1, 0.15) is 12.8 Å². The second-order valence-electron chi connectivity index (χ2n) is 5.74. The summed E-state index contributed by atoms with van der Waals surface area (Å²) in [7, 11) is 5.86. The Kier molecular flexibility index (Phi) is 5.26. The van der Waals surface area contributed by atoms with Gasteiger partial charge in [0.15, 0.2) is 0 Å². The number of hydrogen-bond donors (Lipinski definition) is 1. The average Bonchev–Trinajstić information content (AvgIpc) is 2.48. The maximum absolute atomic E-state index is 5.73. The van der Waals surface area contributed by atoms with E-state index in [0.29, 0.717) is 0 Å². The van der Waals surface area contributed by atoms with Gasteiger partial charge in [0.05, 0.1) is 13.7 Å². The third-order valence-corrected chi connectivity index (χ3v) is 4.02. The van der Waals surface area contributed by atoms with Crippen molar-refractivity contribution in [2.24, 2.45) is 5.41 Å². The molecular formula is C16H26N2O2. The smallest absolute Gasteiger partial charge is 0.120 e.